The Morgan fingerprint density at radius 2 is 1.70 bits per heavy atom. The molecule has 7 nitrogen and oxygen atoms in total. The van der Waals surface area contributed by atoms with E-state index in [0.717, 1.165) is 0 Å². The van der Waals surface area contributed by atoms with E-state index in [1.54, 1.807) is 0 Å². The van der Waals surface area contributed by atoms with Crippen LogP contribution in [0.1, 0.15) is 0 Å². The van der Waals surface area contributed by atoms with E-state index < -0.39 is 30.9 Å². The average molecular weight is 429 g/mol. The molecule has 0 amide bonds. The second-order valence-corrected chi connectivity index (χ2v) is 5.69. The van der Waals surface area contributed by atoms with Crippen LogP contribution in [0.5, 0.6) is 5.75 Å². The smallest absolute Gasteiger partial charge is 0.491 e. The van der Waals surface area contributed by atoms with Crippen molar-refractivity contribution in [3.63, 3.8) is 0 Å². The molecule has 1 aromatic carbocycles. The Hall–Kier alpha value is -1.96. The fourth-order valence-electron chi connectivity index (χ4n) is 1.80. The van der Waals surface area contributed by atoms with Crippen molar-refractivity contribution in [3.8, 4) is 17.6 Å². The molecular formula is C21H23FNaO7+. The van der Waals surface area contributed by atoms with E-state index in [0.29, 0.717) is 5.75 Å². The predicted molar refractivity (Wildman–Crippen MR) is 104 cm³/mol. The number of allylic oxidation sites excluding steroid dienone is 4. The summed E-state index contributed by atoms with van der Waals surface area (Å²) in [6.07, 6.45) is 5.35. The van der Waals surface area contributed by atoms with Gasteiger partial charge in [-0.3, -0.25) is 0 Å². The number of aliphatic carboxylic acids is 1. The normalized spacial score (nSPS) is 14.1. The van der Waals surface area contributed by atoms with Crippen LogP contribution in [0.3, 0.4) is 0 Å². The van der Waals surface area contributed by atoms with Crippen molar-refractivity contribution in [2.45, 2.75) is 18.3 Å². The SMILES string of the molecule is O=C(O)COC[C@H](O)[C@H](O)/C=C/C=C/C#C/C=C/[C@H](O)COc1ccc(F)cc1.[Na+]. The van der Waals surface area contributed by atoms with Gasteiger partial charge in [0, 0.05) is 0 Å². The first-order valence-electron chi connectivity index (χ1n) is 8.61. The van der Waals surface area contributed by atoms with Crippen molar-refractivity contribution in [3.05, 3.63) is 66.5 Å². The maximum Gasteiger partial charge on any atom is 1.00 e. The number of hydrogen-bond donors (Lipinski definition) is 4. The molecule has 3 atom stereocenters. The van der Waals surface area contributed by atoms with E-state index in [9.17, 15) is 24.5 Å². The van der Waals surface area contributed by atoms with Crippen LogP contribution in [0.15, 0.2) is 60.7 Å². The fourth-order valence-corrected chi connectivity index (χ4v) is 1.80. The van der Waals surface area contributed by atoms with E-state index in [2.05, 4.69) is 16.6 Å². The van der Waals surface area contributed by atoms with Gasteiger partial charge in [0.2, 0.25) is 0 Å². The van der Waals surface area contributed by atoms with Gasteiger partial charge in [0.05, 0.1) is 6.61 Å². The van der Waals surface area contributed by atoms with Crippen LogP contribution in [-0.4, -0.2) is 64.5 Å². The van der Waals surface area contributed by atoms with Crippen molar-refractivity contribution < 1.29 is 68.6 Å². The standard InChI is InChI=1S/C21H23FO7.Na/c22-16-9-11-18(12-10-16)29-13-17(23)7-5-3-1-2-4-6-8-19(24)20(25)14-28-15-21(26)27;/h2,4-12,17,19-20,23-25H,13-15H2,(H,26,27);/q;+1/b4-2+,7-5+,8-6+;/t17-,19+,20-;/m0./s1. The Kier molecular flexibility index (Phi) is 15.7. The van der Waals surface area contributed by atoms with Crippen LogP contribution in [0, 0.1) is 17.7 Å². The van der Waals surface area contributed by atoms with Gasteiger partial charge in [-0.2, -0.15) is 0 Å². The number of carboxylic acid groups (broad SMARTS) is 1. The maximum absolute atomic E-state index is 12.8. The molecule has 0 heterocycles. The molecule has 0 spiro atoms. The van der Waals surface area contributed by atoms with Crippen LogP contribution in [0.2, 0.25) is 0 Å². The number of rotatable bonds is 11. The molecule has 0 radical (unpaired) electrons. The Labute approximate surface area is 196 Å². The quantitative estimate of drug-likeness (QED) is 0.184. The van der Waals surface area contributed by atoms with E-state index in [-0.39, 0.29) is 48.6 Å². The Bertz CT molecular complexity index is 766. The largest absolute Gasteiger partial charge is 1.00 e. The first kappa shape index (κ1) is 28.0. The summed E-state index contributed by atoms with van der Waals surface area (Å²) in [5, 5.41) is 37.3. The molecule has 0 fully saturated rings. The summed E-state index contributed by atoms with van der Waals surface area (Å²) in [7, 11) is 0. The number of benzene rings is 1. The minimum atomic E-state index is -1.24. The molecule has 0 aliphatic rings. The number of aliphatic hydroxyl groups is 3. The van der Waals surface area contributed by atoms with E-state index >= 15 is 0 Å². The molecule has 156 valence electrons. The maximum atomic E-state index is 12.8. The molecule has 1 rings (SSSR count). The Morgan fingerprint density at radius 3 is 2.37 bits per heavy atom. The van der Waals surface area contributed by atoms with Crippen molar-refractivity contribution in [1.29, 1.82) is 0 Å². The van der Waals surface area contributed by atoms with Gasteiger partial charge >= 0.3 is 35.5 Å². The van der Waals surface area contributed by atoms with Crippen molar-refractivity contribution in [2.24, 2.45) is 0 Å². The molecule has 0 aromatic heterocycles. The molecular weight excluding hydrogens is 406 g/mol. The molecule has 0 aliphatic heterocycles. The van der Waals surface area contributed by atoms with Crippen LogP contribution in [0.25, 0.3) is 0 Å². The van der Waals surface area contributed by atoms with Crippen molar-refractivity contribution in [2.75, 3.05) is 19.8 Å². The zero-order valence-electron chi connectivity index (χ0n) is 16.5. The second-order valence-electron chi connectivity index (χ2n) is 5.69. The van der Waals surface area contributed by atoms with Gasteiger partial charge in [0.1, 0.15) is 43.1 Å². The molecule has 0 unspecified atom stereocenters. The summed E-state index contributed by atoms with van der Waals surface area (Å²) in [6, 6.07) is 5.44. The van der Waals surface area contributed by atoms with Crippen molar-refractivity contribution >= 4 is 5.97 Å². The number of hydrogen-bond acceptors (Lipinski definition) is 6. The topological polar surface area (TPSA) is 116 Å². The van der Waals surface area contributed by atoms with Crippen LogP contribution in [-0.2, 0) is 9.53 Å². The first-order chi connectivity index (χ1) is 13.9. The molecule has 0 bridgehead atoms. The molecule has 30 heavy (non-hydrogen) atoms. The number of carboxylic acids is 1. The van der Waals surface area contributed by atoms with Gasteiger partial charge in [0.15, 0.2) is 0 Å². The molecule has 4 N–H and O–H groups in total. The summed E-state index contributed by atoms with van der Waals surface area (Å²) in [5.74, 6) is 4.26. The minimum Gasteiger partial charge on any atom is -0.491 e. The van der Waals surface area contributed by atoms with Crippen molar-refractivity contribution in [1.82, 2.24) is 0 Å². The predicted octanol–water partition coefficient (Wildman–Crippen LogP) is -1.94. The summed E-state index contributed by atoms with van der Waals surface area (Å²) in [6.45, 7) is -0.859. The van der Waals surface area contributed by atoms with Gasteiger partial charge in [-0.1, -0.05) is 30.1 Å². The van der Waals surface area contributed by atoms with Crippen LogP contribution < -0.4 is 34.3 Å². The molecule has 0 aliphatic carbocycles. The number of carbonyl (C=O) groups is 1. The monoisotopic (exact) mass is 429 g/mol. The fraction of sp³-hybridized carbons (Fsp3) is 0.286. The second kappa shape index (κ2) is 16.8. The van der Waals surface area contributed by atoms with Gasteiger partial charge < -0.3 is 29.9 Å². The molecule has 1 aromatic rings. The van der Waals surface area contributed by atoms with Gasteiger partial charge in [-0.25, -0.2) is 9.18 Å². The third-order valence-corrected chi connectivity index (χ3v) is 3.23. The number of aliphatic hydroxyl groups excluding tert-OH is 3. The summed E-state index contributed by atoms with van der Waals surface area (Å²) in [4.78, 5) is 10.3. The molecule has 0 saturated carbocycles. The third-order valence-electron chi connectivity index (χ3n) is 3.23. The third kappa shape index (κ3) is 14.1. The Morgan fingerprint density at radius 1 is 1.03 bits per heavy atom. The van der Waals surface area contributed by atoms with Crippen LogP contribution in [0.4, 0.5) is 4.39 Å². The summed E-state index contributed by atoms with van der Waals surface area (Å²) >= 11 is 0. The zero-order chi connectivity index (χ0) is 21.5. The van der Waals surface area contributed by atoms with E-state index in [4.69, 9.17) is 9.84 Å². The molecule has 9 heteroatoms. The minimum absolute atomic E-state index is 0. The summed E-state index contributed by atoms with van der Waals surface area (Å²) in [5.41, 5.74) is 0. The van der Waals surface area contributed by atoms with Crippen LogP contribution >= 0.6 is 0 Å². The molecule has 0 saturated heterocycles. The average Bonchev–Trinajstić information content (AvgIpc) is 2.69. The Balaban J connectivity index is 0.00000841. The number of ether oxygens (including phenoxy) is 2. The summed E-state index contributed by atoms with van der Waals surface area (Å²) < 4.78 is 22.7. The van der Waals surface area contributed by atoms with Gasteiger partial charge in [-0.15, -0.1) is 0 Å². The first-order valence-corrected chi connectivity index (χ1v) is 8.61. The van der Waals surface area contributed by atoms with E-state index in [1.165, 1.54) is 60.7 Å². The van der Waals surface area contributed by atoms with Gasteiger partial charge in [-0.05, 0) is 42.5 Å². The number of halogens is 1. The van der Waals surface area contributed by atoms with E-state index in [1.807, 2.05) is 0 Å². The van der Waals surface area contributed by atoms with Gasteiger partial charge in [0.25, 0.3) is 0 Å². The zero-order valence-corrected chi connectivity index (χ0v) is 18.5.